The van der Waals surface area contributed by atoms with Crippen molar-refractivity contribution in [1.82, 2.24) is 4.57 Å². The number of allylic oxidation sites excluding steroid dienone is 1. The zero-order valence-electron chi connectivity index (χ0n) is 11.6. The molecule has 1 nitrogen and oxygen atoms in total. The lowest BCUT2D eigenvalue weighted by Gasteiger charge is -2.18. The van der Waals surface area contributed by atoms with Crippen molar-refractivity contribution in [3.63, 3.8) is 0 Å². The standard InChI is InChI=1S/C15H25N/c1-11(2)14-13(8-9-15(4,5)6)12(3)10-16(14)7/h10H,1,8-9H2,2-7H3. The van der Waals surface area contributed by atoms with Crippen molar-refractivity contribution < 1.29 is 0 Å². The van der Waals surface area contributed by atoms with Crippen molar-refractivity contribution in [2.24, 2.45) is 12.5 Å². The number of aryl methyl sites for hydroxylation is 2. The minimum Gasteiger partial charge on any atom is -0.350 e. The lowest BCUT2D eigenvalue weighted by atomic mass is 9.87. The molecular formula is C15H25N. The largest absolute Gasteiger partial charge is 0.350 e. The second-order valence-corrected chi connectivity index (χ2v) is 6.09. The summed E-state index contributed by atoms with van der Waals surface area (Å²) in [5, 5.41) is 0. The summed E-state index contributed by atoms with van der Waals surface area (Å²) in [6.45, 7) is 15.3. The maximum atomic E-state index is 4.08. The molecule has 0 atom stereocenters. The van der Waals surface area contributed by atoms with Gasteiger partial charge in [-0.15, -0.1) is 0 Å². The molecule has 90 valence electrons. The van der Waals surface area contributed by atoms with E-state index in [0.717, 1.165) is 6.42 Å². The van der Waals surface area contributed by atoms with Gasteiger partial charge in [-0.05, 0) is 48.8 Å². The van der Waals surface area contributed by atoms with Crippen LogP contribution in [0.1, 0.15) is 50.9 Å². The molecule has 0 bridgehead atoms. The summed E-state index contributed by atoms with van der Waals surface area (Å²) in [5.74, 6) is 0. The molecule has 16 heavy (non-hydrogen) atoms. The van der Waals surface area contributed by atoms with Crippen LogP contribution in [0.15, 0.2) is 12.8 Å². The molecule has 0 aliphatic heterocycles. The van der Waals surface area contributed by atoms with Crippen molar-refractivity contribution in [1.29, 1.82) is 0 Å². The summed E-state index contributed by atoms with van der Waals surface area (Å²) < 4.78 is 2.20. The van der Waals surface area contributed by atoms with E-state index in [2.05, 4.69) is 59.0 Å². The first kappa shape index (κ1) is 13.1. The van der Waals surface area contributed by atoms with Gasteiger partial charge in [-0.3, -0.25) is 0 Å². The zero-order valence-corrected chi connectivity index (χ0v) is 11.6. The Morgan fingerprint density at radius 1 is 1.38 bits per heavy atom. The van der Waals surface area contributed by atoms with Gasteiger partial charge in [-0.25, -0.2) is 0 Å². The Hall–Kier alpha value is -0.980. The Bertz CT molecular complexity index is 388. The smallest absolute Gasteiger partial charge is 0.0463 e. The van der Waals surface area contributed by atoms with E-state index >= 15 is 0 Å². The van der Waals surface area contributed by atoms with E-state index in [0.29, 0.717) is 5.41 Å². The third-order valence-electron chi connectivity index (χ3n) is 3.03. The number of nitrogens with zero attached hydrogens (tertiary/aromatic N) is 1. The maximum absolute atomic E-state index is 4.08. The van der Waals surface area contributed by atoms with E-state index < -0.39 is 0 Å². The molecule has 0 saturated heterocycles. The lowest BCUT2D eigenvalue weighted by Crippen LogP contribution is -2.07. The van der Waals surface area contributed by atoms with E-state index in [-0.39, 0.29) is 0 Å². The van der Waals surface area contributed by atoms with Crippen LogP contribution in [0.3, 0.4) is 0 Å². The van der Waals surface area contributed by atoms with Gasteiger partial charge < -0.3 is 4.57 Å². The van der Waals surface area contributed by atoms with Gasteiger partial charge in [0.2, 0.25) is 0 Å². The Kier molecular flexibility index (Phi) is 3.67. The van der Waals surface area contributed by atoms with Gasteiger partial charge in [0, 0.05) is 18.9 Å². The average molecular weight is 219 g/mol. The molecule has 1 heterocycles. The van der Waals surface area contributed by atoms with Crippen LogP contribution in [-0.2, 0) is 13.5 Å². The first-order valence-corrected chi connectivity index (χ1v) is 6.03. The summed E-state index contributed by atoms with van der Waals surface area (Å²) in [4.78, 5) is 0. The lowest BCUT2D eigenvalue weighted by molar-refractivity contribution is 0.378. The van der Waals surface area contributed by atoms with E-state index in [1.165, 1.54) is 28.8 Å². The van der Waals surface area contributed by atoms with Gasteiger partial charge in [-0.1, -0.05) is 27.4 Å². The molecule has 1 rings (SSSR count). The van der Waals surface area contributed by atoms with Crippen molar-refractivity contribution in [3.8, 4) is 0 Å². The second kappa shape index (κ2) is 4.48. The van der Waals surface area contributed by atoms with Gasteiger partial charge in [0.1, 0.15) is 0 Å². The van der Waals surface area contributed by atoms with Crippen LogP contribution < -0.4 is 0 Å². The fraction of sp³-hybridized carbons (Fsp3) is 0.600. The molecule has 0 amide bonds. The zero-order chi connectivity index (χ0) is 12.5. The predicted octanol–water partition coefficient (Wildman–Crippen LogP) is 4.35. The third-order valence-corrected chi connectivity index (χ3v) is 3.03. The molecular weight excluding hydrogens is 194 g/mol. The fourth-order valence-electron chi connectivity index (χ4n) is 2.21. The predicted molar refractivity (Wildman–Crippen MR) is 72.6 cm³/mol. The van der Waals surface area contributed by atoms with Gasteiger partial charge >= 0.3 is 0 Å². The third kappa shape index (κ3) is 3.01. The molecule has 0 spiro atoms. The Morgan fingerprint density at radius 2 is 1.94 bits per heavy atom. The van der Waals surface area contributed by atoms with Crippen LogP contribution in [0.25, 0.3) is 5.57 Å². The number of rotatable bonds is 3. The summed E-state index contributed by atoms with van der Waals surface area (Å²) >= 11 is 0. The summed E-state index contributed by atoms with van der Waals surface area (Å²) in [7, 11) is 2.11. The van der Waals surface area contributed by atoms with E-state index in [9.17, 15) is 0 Å². The second-order valence-electron chi connectivity index (χ2n) is 6.09. The Labute approximate surface area is 100 Å². The van der Waals surface area contributed by atoms with Crippen molar-refractivity contribution >= 4 is 5.57 Å². The Balaban J connectivity index is 2.99. The first-order chi connectivity index (χ1) is 7.22. The van der Waals surface area contributed by atoms with Crippen molar-refractivity contribution in [2.45, 2.75) is 47.5 Å². The molecule has 0 fully saturated rings. The highest BCUT2D eigenvalue weighted by Crippen LogP contribution is 2.28. The first-order valence-electron chi connectivity index (χ1n) is 6.03. The van der Waals surface area contributed by atoms with Crippen LogP contribution >= 0.6 is 0 Å². The molecule has 0 saturated carbocycles. The summed E-state index contributed by atoms with van der Waals surface area (Å²) in [5.41, 5.74) is 5.75. The van der Waals surface area contributed by atoms with Gasteiger partial charge in [0.25, 0.3) is 0 Å². The van der Waals surface area contributed by atoms with Gasteiger partial charge in [0.05, 0.1) is 0 Å². The monoisotopic (exact) mass is 219 g/mol. The van der Waals surface area contributed by atoms with E-state index in [1.807, 2.05) is 0 Å². The van der Waals surface area contributed by atoms with Crippen LogP contribution in [0.5, 0.6) is 0 Å². The average Bonchev–Trinajstić information content (AvgIpc) is 2.35. The summed E-state index contributed by atoms with van der Waals surface area (Å²) in [6, 6.07) is 0. The van der Waals surface area contributed by atoms with Crippen LogP contribution in [0, 0.1) is 12.3 Å². The van der Waals surface area contributed by atoms with Crippen molar-refractivity contribution in [2.75, 3.05) is 0 Å². The van der Waals surface area contributed by atoms with E-state index in [4.69, 9.17) is 0 Å². The number of hydrogen-bond donors (Lipinski definition) is 0. The fourth-order valence-corrected chi connectivity index (χ4v) is 2.21. The normalized spacial score (nSPS) is 11.9. The van der Waals surface area contributed by atoms with E-state index in [1.54, 1.807) is 0 Å². The molecule has 0 aliphatic rings. The van der Waals surface area contributed by atoms with Gasteiger partial charge in [0.15, 0.2) is 0 Å². The molecule has 0 radical (unpaired) electrons. The molecule has 0 N–H and O–H groups in total. The maximum Gasteiger partial charge on any atom is 0.0463 e. The number of hydrogen-bond acceptors (Lipinski definition) is 0. The number of aromatic nitrogens is 1. The van der Waals surface area contributed by atoms with Crippen molar-refractivity contribution in [3.05, 3.63) is 29.6 Å². The SMILES string of the molecule is C=C(C)c1c(CCC(C)(C)C)c(C)cn1C. The molecule has 0 aromatic carbocycles. The van der Waals surface area contributed by atoms with Crippen LogP contribution in [0.2, 0.25) is 0 Å². The Morgan fingerprint density at radius 3 is 2.38 bits per heavy atom. The molecule has 1 aromatic rings. The van der Waals surface area contributed by atoms with Gasteiger partial charge in [-0.2, -0.15) is 0 Å². The van der Waals surface area contributed by atoms with Crippen LogP contribution in [0.4, 0.5) is 0 Å². The molecule has 1 aromatic heterocycles. The minimum absolute atomic E-state index is 0.397. The molecule has 0 unspecified atom stereocenters. The molecule has 0 aliphatic carbocycles. The topological polar surface area (TPSA) is 4.93 Å². The highest BCUT2D eigenvalue weighted by Gasteiger charge is 2.16. The van der Waals surface area contributed by atoms with Crippen LogP contribution in [-0.4, -0.2) is 4.57 Å². The highest BCUT2D eigenvalue weighted by molar-refractivity contribution is 5.63. The molecule has 1 heteroatoms. The highest BCUT2D eigenvalue weighted by atomic mass is 14.9. The summed E-state index contributed by atoms with van der Waals surface area (Å²) in [6.07, 6.45) is 4.58. The quantitative estimate of drug-likeness (QED) is 0.712. The minimum atomic E-state index is 0.397.